The van der Waals surface area contributed by atoms with E-state index in [1.54, 1.807) is 4.31 Å². The highest BCUT2D eigenvalue weighted by atomic mass is 35.5. The first-order chi connectivity index (χ1) is 8.60. The van der Waals surface area contributed by atoms with Crippen LogP contribution in [0, 0.1) is 0 Å². The highest BCUT2D eigenvalue weighted by Crippen LogP contribution is 2.13. The number of nitrogens with one attached hydrogen (secondary N) is 1. The molecule has 1 atom stereocenters. The zero-order valence-corrected chi connectivity index (χ0v) is 13.4. The van der Waals surface area contributed by atoms with Gasteiger partial charge in [0.2, 0.25) is 0 Å². The highest BCUT2D eigenvalue weighted by molar-refractivity contribution is 7.87. The van der Waals surface area contributed by atoms with Crippen LogP contribution in [0.2, 0.25) is 0 Å². The average molecular weight is 314 g/mol. The molecule has 0 aromatic carbocycles. The van der Waals surface area contributed by atoms with Crippen molar-refractivity contribution < 1.29 is 8.42 Å². The molecular weight excluding hydrogens is 286 g/mol. The number of nitrogens with two attached hydrogens (primary N) is 1. The molecule has 116 valence electrons. The van der Waals surface area contributed by atoms with Gasteiger partial charge in [-0.1, -0.05) is 32.6 Å². The van der Waals surface area contributed by atoms with Crippen molar-refractivity contribution in [2.24, 2.45) is 5.73 Å². The quantitative estimate of drug-likeness (QED) is 0.750. The minimum absolute atomic E-state index is 0. The van der Waals surface area contributed by atoms with Gasteiger partial charge in [0.25, 0.3) is 10.2 Å². The number of hydrogen-bond acceptors (Lipinski definition) is 3. The summed E-state index contributed by atoms with van der Waals surface area (Å²) in [5.41, 5.74) is 5.64. The normalized spacial score (nSPS) is 19.5. The Morgan fingerprint density at radius 2 is 1.79 bits per heavy atom. The van der Waals surface area contributed by atoms with E-state index in [1.165, 1.54) is 0 Å². The fraction of sp³-hybridized carbons (Fsp3) is 1.00. The van der Waals surface area contributed by atoms with E-state index in [2.05, 4.69) is 11.6 Å². The molecule has 0 bridgehead atoms. The molecule has 1 heterocycles. The van der Waals surface area contributed by atoms with Crippen LogP contribution in [0.5, 0.6) is 0 Å². The molecule has 0 aromatic heterocycles. The first kappa shape index (κ1) is 19.1. The van der Waals surface area contributed by atoms with Gasteiger partial charge in [-0.15, -0.1) is 12.4 Å². The Bertz CT molecular complexity index is 317. The van der Waals surface area contributed by atoms with Crippen molar-refractivity contribution in [1.29, 1.82) is 0 Å². The maximum absolute atomic E-state index is 12.2. The highest BCUT2D eigenvalue weighted by Gasteiger charge is 2.25. The molecule has 0 spiro atoms. The number of nitrogens with zero attached hydrogens (tertiary/aromatic N) is 1. The molecule has 0 amide bonds. The first-order valence-corrected chi connectivity index (χ1v) is 8.51. The predicted molar refractivity (Wildman–Crippen MR) is 81.7 cm³/mol. The second-order valence-corrected chi connectivity index (χ2v) is 6.71. The van der Waals surface area contributed by atoms with Crippen LogP contribution in [0.25, 0.3) is 0 Å². The Balaban J connectivity index is 0.00000324. The van der Waals surface area contributed by atoms with Crippen LogP contribution in [0.1, 0.15) is 51.9 Å². The smallest absolute Gasteiger partial charge is 0.279 e. The van der Waals surface area contributed by atoms with Crippen molar-refractivity contribution in [3.05, 3.63) is 0 Å². The van der Waals surface area contributed by atoms with Gasteiger partial charge >= 0.3 is 0 Å². The summed E-state index contributed by atoms with van der Waals surface area (Å²) in [6, 6.07) is -0.127. The van der Waals surface area contributed by atoms with Gasteiger partial charge in [0.05, 0.1) is 0 Å². The Hall–Kier alpha value is 0.120. The molecule has 1 aliphatic rings. The molecule has 1 saturated heterocycles. The Morgan fingerprint density at radius 1 is 1.21 bits per heavy atom. The van der Waals surface area contributed by atoms with Crippen molar-refractivity contribution in [2.75, 3.05) is 19.6 Å². The molecule has 0 aliphatic carbocycles. The maximum atomic E-state index is 12.2. The van der Waals surface area contributed by atoms with E-state index in [9.17, 15) is 8.42 Å². The minimum Gasteiger partial charge on any atom is -0.329 e. The van der Waals surface area contributed by atoms with E-state index in [0.29, 0.717) is 19.6 Å². The van der Waals surface area contributed by atoms with E-state index >= 15 is 0 Å². The molecule has 0 aromatic rings. The molecule has 1 unspecified atom stereocenters. The SMILES string of the molecule is CCCCC(CN)NS(=O)(=O)N1CCCCCC1.Cl. The molecule has 3 N–H and O–H groups in total. The lowest BCUT2D eigenvalue weighted by atomic mass is 10.1. The molecule has 19 heavy (non-hydrogen) atoms. The van der Waals surface area contributed by atoms with Gasteiger partial charge in [-0.05, 0) is 19.3 Å². The van der Waals surface area contributed by atoms with Crippen LogP contribution in [0.15, 0.2) is 0 Å². The summed E-state index contributed by atoms with van der Waals surface area (Å²) in [7, 11) is -3.35. The van der Waals surface area contributed by atoms with Crippen molar-refractivity contribution in [2.45, 2.75) is 57.9 Å². The van der Waals surface area contributed by atoms with Crippen LogP contribution < -0.4 is 10.5 Å². The standard InChI is InChI=1S/C12H27N3O2S.ClH/c1-2-3-8-12(11-13)14-18(16,17)15-9-6-4-5-7-10-15;/h12,14H,2-11,13H2,1H3;1H. The molecule has 0 radical (unpaired) electrons. The van der Waals surface area contributed by atoms with Gasteiger partial charge in [-0.3, -0.25) is 0 Å². The molecular formula is C12H28ClN3O2S. The van der Waals surface area contributed by atoms with Gasteiger partial charge in [0.1, 0.15) is 0 Å². The fourth-order valence-electron chi connectivity index (χ4n) is 2.24. The van der Waals surface area contributed by atoms with Crippen LogP contribution in [-0.2, 0) is 10.2 Å². The van der Waals surface area contributed by atoms with E-state index in [4.69, 9.17) is 5.73 Å². The van der Waals surface area contributed by atoms with E-state index in [0.717, 1.165) is 44.9 Å². The van der Waals surface area contributed by atoms with Gasteiger partial charge in [0, 0.05) is 25.7 Å². The van der Waals surface area contributed by atoms with Gasteiger partial charge in [-0.2, -0.15) is 17.4 Å². The van der Waals surface area contributed by atoms with Crippen LogP contribution in [0.4, 0.5) is 0 Å². The molecule has 7 heteroatoms. The predicted octanol–water partition coefficient (Wildman–Crippen LogP) is 1.64. The Kier molecular flexibility index (Phi) is 10.00. The lowest BCUT2D eigenvalue weighted by Crippen LogP contribution is -2.48. The molecule has 1 fully saturated rings. The summed E-state index contributed by atoms with van der Waals surface area (Å²) in [5, 5.41) is 0. The zero-order chi connectivity index (χ0) is 13.4. The van der Waals surface area contributed by atoms with Crippen LogP contribution in [-0.4, -0.2) is 38.4 Å². The summed E-state index contributed by atoms with van der Waals surface area (Å²) >= 11 is 0. The lowest BCUT2D eigenvalue weighted by Gasteiger charge is -2.24. The fourth-order valence-corrected chi connectivity index (χ4v) is 3.77. The van der Waals surface area contributed by atoms with Crippen molar-refractivity contribution >= 4 is 22.6 Å². The second kappa shape index (κ2) is 9.94. The largest absolute Gasteiger partial charge is 0.329 e. The average Bonchev–Trinajstić information content (AvgIpc) is 2.63. The Labute approximate surface area is 123 Å². The molecule has 1 aliphatic heterocycles. The van der Waals surface area contributed by atoms with Crippen LogP contribution >= 0.6 is 12.4 Å². The lowest BCUT2D eigenvalue weighted by molar-refractivity contribution is 0.403. The van der Waals surface area contributed by atoms with Crippen molar-refractivity contribution in [3.63, 3.8) is 0 Å². The number of unbranched alkanes of at least 4 members (excludes halogenated alkanes) is 1. The van der Waals surface area contributed by atoms with E-state index in [-0.39, 0.29) is 18.4 Å². The first-order valence-electron chi connectivity index (χ1n) is 7.07. The summed E-state index contributed by atoms with van der Waals surface area (Å²) in [6.07, 6.45) is 7.06. The molecule has 1 rings (SSSR count). The maximum Gasteiger partial charge on any atom is 0.279 e. The third-order valence-electron chi connectivity index (χ3n) is 3.41. The zero-order valence-electron chi connectivity index (χ0n) is 11.8. The number of halogens is 1. The van der Waals surface area contributed by atoms with Gasteiger partial charge in [0.15, 0.2) is 0 Å². The topological polar surface area (TPSA) is 75.4 Å². The third kappa shape index (κ3) is 6.90. The summed E-state index contributed by atoms with van der Waals surface area (Å²) in [5.74, 6) is 0. The summed E-state index contributed by atoms with van der Waals surface area (Å²) in [6.45, 7) is 3.74. The van der Waals surface area contributed by atoms with Crippen LogP contribution in [0.3, 0.4) is 0 Å². The van der Waals surface area contributed by atoms with E-state index < -0.39 is 10.2 Å². The summed E-state index contributed by atoms with van der Waals surface area (Å²) in [4.78, 5) is 0. The number of hydrogen-bond donors (Lipinski definition) is 2. The van der Waals surface area contributed by atoms with Gasteiger partial charge in [-0.25, -0.2) is 0 Å². The monoisotopic (exact) mass is 313 g/mol. The molecule has 0 saturated carbocycles. The van der Waals surface area contributed by atoms with Crippen molar-refractivity contribution in [1.82, 2.24) is 9.03 Å². The summed E-state index contributed by atoms with van der Waals surface area (Å²) < 4.78 is 28.8. The number of rotatable bonds is 7. The van der Waals surface area contributed by atoms with Gasteiger partial charge < -0.3 is 5.73 Å². The third-order valence-corrected chi connectivity index (χ3v) is 5.09. The molecule has 5 nitrogen and oxygen atoms in total. The Morgan fingerprint density at radius 3 is 2.26 bits per heavy atom. The van der Waals surface area contributed by atoms with E-state index in [1.807, 2.05) is 0 Å². The minimum atomic E-state index is -3.35. The second-order valence-electron chi connectivity index (χ2n) is 5.01. The van der Waals surface area contributed by atoms with Crippen molar-refractivity contribution in [3.8, 4) is 0 Å².